The Morgan fingerprint density at radius 3 is 2.05 bits per heavy atom. The number of carboxylic acids is 1. The Bertz CT molecular complexity index is 480. The van der Waals surface area contributed by atoms with Gasteiger partial charge in [0.2, 0.25) is 5.91 Å². The molecule has 0 saturated carbocycles. The number of carboxylic acid groups (broad SMARTS) is 1. The molecular formula is C15H21NO3. The molecule has 1 rings (SSSR count). The summed E-state index contributed by atoms with van der Waals surface area (Å²) in [4.78, 5) is 21.9. The maximum absolute atomic E-state index is 11.5. The summed E-state index contributed by atoms with van der Waals surface area (Å²) in [7, 11) is 0. The van der Waals surface area contributed by atoms with Crippen molar-refractivity contribution in [1.29, 1.82) is 0 Å². The van der Waals surface area contributed by atoms with Gasteiger partial charge in [0, 0.05) is 13.0 Å². The highest BCUT2D eigenvalue weighted by molar-refractivity contribution is 5.80. The number of carbonyl (C=O) groups excluding carboxylic acids is 1. The SMILES string of the molecule is Cc1cc(C)c(C)c(CNC(=O)CCC(=O)O)c1C. The molecule has 104 valence electrons. The van der Waals surface area contributed by atoms with Crippen LogP contribution in [0.1, 0.15) is 40.7 Å². The molecule has 0 atom stereocenters. The first-order chi connectivity index (χ1) is 8.82. The fourth-order valence-electron chi connectivity index (χ4n) is 2.06. The predicted molar refractivity (Wildman–Crippen MR) is 74.1 cm³/mol. The van der Waals surface area contributed by atoms with Gasteiger partial charge >= 0.3 is 5.97 Å². The van der Waals surface area contributed by atoms with Gasteiger partial charge in [0.25, 0.3) is 0 Å². The summed E-state index contributed by atoms with van der Waals surface area (Å²) in [5.74, 6) is -1.17. The third kappa shape index (κ3) is 4.09. The normalized spacial score (nSPS) is 10.3. The van der Waals surface area contributed by atoms with Crippen molar-refractivity contribution in [3.8, 4) is 0 Å². The molecule has 0 heterocycles. The first-order valence-electron chi connectivity index (χ1n) is 6.37. The topological polar surface area (TPSA) is 66.4 Å². The van der Waals surface area contributed by atoms with Crippen molar-refractivity contribution in [2.24, 2.45) is 0 Å². The Balaban J connectivity index is 2.73. The highest BCUT2D eigenvalue weighted by Crippen LogP contribution is 2.21. The van der Waals surface area contributed by atoms with Gasteiger partial charge in [-0.15, -0.1) is 0 Å². The Kier molecular flexibility index (Phi) is 5.10. The van der Waals surface area contributed by atoms with E-state index in [2.05, 4.69) is 25.2 Å². The van der Waals surface area contributed by atoms with Gasteiger partial charge in [0.1, 0.15) is 0 Å². The molecule has 19 heavy (non-hydrogen) atoms. The standard InChI is InChI=1S/C15H21NO3/c1-9-7-10(2)12(4)13(11(9)3)8-16-14(17)5-6-15(18)19/h7H,5-6,8H2,1-4H3,(H,16,17)(H,18,19). The highest BCUT2D eigenvalue weighted by Gasteiger charge is 2.10. The molecule has 0 saturated heterocycles. The van der Waals surface area contributed by atoms with Gasteiger partial charge in [-0.05, 0) is 55.5 Å². The van der Waals surface area contributed by atoms with Crippen LogP contribution in [0.5, 0.6) is 0 Å². The van der Waals surface area contributed by atoms with Crippen LogP contribution >= 0.6 is 0 Å². The smallest absolute Gasteiger partial charge is 0.303 e. The third-order valence-corrected chi connectivity index (χ3v) is 3.55. The minimum atomic E-state index is -0.950. The van der Waals surface area contributed by atoms with E-state index in [-0.39, 0.29) is 18.7 Å². The molecule has 1 amide bonds. The monoisotopic (exact) mass is 263 g/mol. The molecular weight excluding hydrogens is 242 g/mol. The van der Waals surface area contributed by atoms with Crippen molar-refractivity contribution in [3.63, 3.8) is 0 Å². The van der Waals surface area contributed by atoms with Gasteiger partial charge in [-0.3, -0.25) is 9.59 Å². The van der Waals surface area contributed by atoms with Gasteiger partial charge in [0.15, 0.2) is 0 Å². The zero-order valence-electron chi connectivity index (χ0n) is 12.0. The fraction of sp³-hybridized carbons (Fsp3) is 0.467. The van der Waals surface area contributed by atoms with E-state index in [1.807, 2.05) is 13.8 Å². The first-order valence-corrected chi connectivity index (χ1v) is 6.37. The number of carbonyl (C=O) groups is 2. The average Bonchev–Trinajstić information content (AvgIpc) is 2.34. The Hall–Kier alpha value is -1.84. The largest absolute Gasteiger partial charge is 0.481 e. The number of nitrogens with one attached hydrogen (secondary N) is 1. The minimum absolute atomic E-state index is 0.0260. The lowest BCUT2D eigenvalue weighted by molar-refractivity contribution is -0.138. The lowest BCUT2D eigenvalue weighted by Gasteiger charge is -2.15. The summed E-state index contributed by atoms with van der Waals surface area (Å²) < 4.78 is 0. The van der Waals surface area contributed by atoms with E-state index >= 15 is 0 Å². The number of amides is 1. The summed E-state index contributed by atoms with van der Waals surface area (Å²) in [5, 5.41) is 11.3. The number of rotatable bonds is 5. The van der Waals surface area contributed by atoms with Gasteiger partial charge in [-0.2, -0.15) is 0 Å². The lowest BCUT2D eigenvalue weighted by atomic mass is 9.94. The Labute approximate surface area is 113 Å². The van der Waals surface area contributed by atoms with Gasteiger partial charge in [-0.25, -0.2) is 0 Å². The van der Waals surface area contributed by atoms with Gasteiger partial charge in [0.05, 0.1) is 6.42 Å². The summed E-state index contributed by atoms with van der Waals surface area (Å²) in [6, 6.07) is 2.14. The van der Waals surface area contributed by atoms with E-state index in [4.69, 9.17) is 5.11 Å². The van der Waals surface area contributed by atoms with Crippen molar-refractivity contribution in [2.75, 3.05) is 0 Å². The van der Waals surface area contributed by atoms with Crippen LogP contribution in [0.25, 0.3) is 0 Å². The summed E-state index contributed by atoms with van der Waals surface area (Å²) in [5.41, 5.74) is 5.90. The molecule has 0 spiro atoms. The van der Waals surface area contributed by atoms with Crippen molar-refractivity contribution >= 4 is 11.9 Å². The van der Waals surface area contributed by atoms with Crippen LogP contribution in [0.3, 0.4) is 0 Å². The Morgan fingerprint density at radius 1 is 1.05 bits per heavy atom. The molecule has 0 aromatic heterocycles. The fourth-order valence-corrected chi connectivity index (χ4v) is 2.06. The van der Waals surface area contributed by atoms with Crippen LogP contribution in [0.15, 0.2) is 6.07 Å². The minimum Gasteiger partial charge on any atom is -0.481 e. The molecule has 4 heteroatoms. The van der Waals surface area contributed by atoms with Crippen molar-refractivity contribution in [1.82, 2.24) is 5.32 Å². The number of hydrogen-bond donors (Lipinski definition) is 2. The summed E-state index contributed by atoms with van der Waals surface area (Å²) >= 11 is 0. The van der Waals surface area contributed by atoms with Gasteiger partial charge < -0.3 is 10.4 Å². The average molecular weight is 263 g/mol. The lowest BCUT2D eigenvalue weighted by Crippen LogP contribution is -2.24. The molecule has 0 bridgehead atoms. The molecule has 0 fully saturated rings. The molecule has 0 unspecified atom stereocenters. The zero-order valence-corrected chi connectivity index (χ0v) is 12.0. The van der Waals surface area contributed by atoms with E-state index < -0.39 is 5.97 Å². The van der Waals surface area contributed by atoms with Gasteiger partial charge in [-0.1, -0.05) is 6.07 Å². The summed E-state index contributed by atoms with van der Waals surface area (Å²) in [6.07, 6.45) is -0.102. The first kappa shape index (κ1) is 15.2. The molecule has 4 nitrogen and oxygen atoms in total. The van der Waals surface area contributed by atoms with E-state index in [1.165, 1.54) is 22.3 Å². The van der Waals surface area contributed by atoms with Crippen molar-refractivity contribution in [3.05, 3.63) is 33.9 Å². The van der Waals surface area contributed by atoms with Crippen molar-refractivity contribution < 1.29 is 14.7 Å². The second kappa shape index (κ2) is 6.36. The van der Waals surface area contributed by atoms with Crippen LogP contribution in [0, 0.1) is 27.7 Å². The Morgan fingerprint density at radius 2 is 1.58 bits per heavy atom. The molecule has 0 aliphatic carbocycles. The quantitative estimate of drug-likeness (QED) is 0.857. The van der Waals surface area contributed by atoms with E-state index in [0.29, 0.717) is 6.54 Å². The maximum Gasteiger partial charge on any atom is 0.303 e. The molecule has 1 aromatic carbocycles. The van der Waals surface area contributed by atoms with E-state index in [9.17, 15) is 9.59 Å². The number of aliphatic carboxylic acids is 1. The summed E-state index contributed by atoms with van der Waals surface area (Å²) in [6.45, 7) is 8.65. The maximum atomic E-state index is 11.5. The molecule has 0 aliphatic rings. The number of aryl methyl sites for hydroxylation is 2. The predicted octanol–water partition coefficient (Wildman–Crippen LogP) is 2.40. The molecule has 1 aromatic rings. The van der Waals surface area contributed by atoms with Crippen LogP contribution in [0.4, 0.5) is 0 Å². The molecule has 0 aliphatic heterocycles. The van der Waals surface area contributed by atoms with E-state index in [1.54, 1.807) is 0 Å². The van der Waals surface area contributed by atoms with Crippen molar-refractivity contribution in [2.45, 2.75) is 47.1 Å². The van der Waals surface area contributed by atoms with Crippen LogP contribution in [-0.2, 0) is 16.1 Å². The molecule has 0 radical (unpaired) electrons. The molecule has 2 N–H and O–H groups in total. The third-order valence-electron chi connectivity index (χ3n) is 3.55. The van der Waals surface area contributed by atoms with Crippen LogP contribution < -0.4 is 5.32 Å². The second-order valence-electron chi connectivity index (χ2n) is 4.91. The zero-order chi connectivity index (χ0) is 14.6. The highest BCUT2D eigenvalue weighted by atomic mass is 16.4. The van der Waals surface area contributed by atoms with Crippen LogP contribution in [0.2, 0.25) is 0 Å². The van der Waals surface area contributed by atoms with Crippen LogP contribution in [-0.4, -0.2) is 17.0 Å². The number of hydrogen-bond acceptors (Lipinski definition) is 2. The van der Waals surface area contributed by atoms with E-state index in [0.717, 1.165) is 5.56 Å². The second-order valence-corrected chi connectivity index (χ2v) is 4.91. The number of benzene rings is 1.